The van der Waals surface area contributed by atoms with Crippen LogP contribution < -0.4 is 16.0 Å². The molecule has 0 aromatic rings. The van der Waals surface area contributed by atoms with E-state index in [-0.39, 0.29) is 6.09 Å². The van der Waals surface area contributed by atoms with Crippen molar-refractivity contribution >= 4 is 6.09 Å². The van der Waals surface area contributed by atoms with Crippen molar-refractivity contribution in [2.24, 2.45) is 0 Å². The molecule has 1 saturated heterocycles. The number of rotatable bonds is 3. The molecule has 0 aromatic heterocycles. The average molecular weight is 272 g/mol. The Morgan fingerprint density at radius 1 is 1.00 bits per heavy atom. The number of carbonyl (C=O) groups excluding carboxylic acids is 1. The van der Waals surface area contributed by atoms with Crippen LogP contribution in [0.25, 0.3) is 0 Å². The number of carbonyl (C=O) groups is 1. The Labute approximate surface area is 116 Å². The minimum absolute atomic E-state index is 0.188. The van der Waals surface area contributed by atoms with E-state index in [1.165, 1.54) is 0 Å². The summed E-state index contributed by atoms with van der Waals surface area (Å²) >= 11 is 0. The van der Waals surface area contributed by atoms with Gasteiger partial charge in [0.2, 0.25) is 0 Å². The van der Waals surface area contributed by atoms with Gasteiger partial charge in [0.1, 0.15) is 0 Å². The van der Waals surface area contributed by atoms with Crippen molar-refractivity contribution in [2.45, 2.75) is 19.8 Å². The van der Waals surface area contributed by atoms with Crippen LogP contribution in [0.15, 0.2) is 0 Å². The lowest BCUT2D eigenvalue weighted by molar-refractivity contribution is 0.101. The highest BCUT2D eigenvalue weighted by Gasteiger charge is 2.14. The third kappa shape index (κ3) is 8.02. The molecule has 1 aliphatic rings. The van der Waals surface area contributed by atoms with Crippen LogP contribution in [0.2, 0.25) is 0 Å². The third-order valence-corrected chi connectivity index (χ3v) is 3.06. The zero-order valence-corrected chi connectivity index (χ0v) is 12.0. The summed E-state index contributed by atoms with van der Waals surface area (Å²) < 4.78 is 5.27. The lowest BCUT2D eigenvalue weighted by Gasteiger charge is -2.23. The van der Waals surface area contributed by atoms with E-state index in [2.05, 4.69) is 22.9 Å². The third-order valence-electron chi connectivity index (χ3n) is 3.06. The zero-order chi connectivity index (χ0) is 13.8. The molecule has 0 aliphatic carbocycles. The SMILES string of the molecule is CCCCOC(=O)N1CCNCCNCCNCC1. The molecule has 112 valence electrons. The maximum absolute atomic E-state index is 11.9. The molecule has 1 fully saturated rings. The summed E-state index contributed by atoms with van der Waals surface area (Å²) in [6, 6.07) is 0. The second-order valence-corrected chi connectivity index (χ2v) is 4.70. The van der Waals surface area contributed by atoms with Crippen molar-refractivity contribution in [1.82, 2.24) is 20.9 Å². The largest absolute Gasteiger partial charge is 0.449 e. The molecule has 0 unspecified atom stereocenters. The Hall–Kier alpha value is -0.850. The maximum atomic E-state index is 11.9. The molecule has 1 heterocycles. The van der Waals surface area contributed by atoms with E-state index >= 15 is 0 Å². The van der Waals surface area contributed by atoms with Gasteiger partial charge in [-0.3, -0.25) is 0 Å². The van der Waals surface area contributed by atoms with Gasteiger partial charge >= 0.3 is 6.09 Å². The molecule has 1 amide bonds. The first-order valence-corrected chi connectivity index (χ1v) is 7.38. The molecule has 1 rings (SSSR count). The number of hydrogen-bond donors (Lipinski definition) is 3. The molecule has 6 heteroatoms. The molecule has 1 aliphatic heterocycles. The minimum atomic E-state index is -0.188. The van der Waals surface area contributed by atoms with Crippen LogP contribution in [0.4, 0.5) is 4.79 Å². The van der Waals surface area contributed by atoms with Gasteiger partial charge in [0.15, 0.2) is 0 Å². The topological polar surface area (TPSA) is 65.6 Å². The summed E-state index contributed by atoms with van der Waals surface area (Å²) in [5.74, 6) is 0. The van der Waals surface area contributed by atoms with Gasteiger partial charge in [0.25, 0.3) is 0 Å². The Morgan fingerprint density at radius 2 is 1.53 bits per heavy atom. The smallest absolute Gasteiger partial charge is 0.409 e. The van der Waals surface area contributed by atoms with Crippen molar-refractivity contribution < 1.29 is 9.53 Å². The number of nitrogens with zero attached hydrogens (tertiary/aromatic N) is 1. The fourth-order valence-corrected chi connectivity index (χ4v) is 1.85. The normalized spacial score (nSPS) is 19.3. The molecule has 3 N–H and O–H groups in total. The second kappa shape index (κ2) is 11.0. The molecule has 0 bridgehead atoms. The van der Waals surface area contributed by atoms with Crippen molar-refractivity contribution in [3.8, 4) is 0 Å². The monoisotopic (exact) mass is 272 g/mol. The van der Waals surface area contributed by atoms with Gasteiger partial charge in [-0.05, 0) is 6.42 Å². The van der Waals surface area contributed by atoms with E-state index in [9.17, 15) is 4.79 Å². The predicted octanol–water partition coefficient (Wildman–Crippen LogP) is 0.00750. The molecule has 0 saturated carbocycles. The molecule has 0 spiro atoms. The fourth-order valence-electron chi connectivity index (χ4n) is 1.85. The summed E-state index contributed by atoms with van der Waals surface area (Å²) in [5.41, 5.74) is 0. The first kappa shape index (κ1) is 16.2. The summed E-state index contributed by atoms with van der Waals surface area (Å²) in [7, 11) is 0. The van der Waals surface area contributed by atoms with Crippen LogP contribution in [0.1, 0.15) is 19.8 Å². The van der Waals surface area contributed by atoms with E-state index in [4.69, 9.17) is 4.74 Å². The Kier molecular flexibility index (Phi) is 9.40. The summed E-state index contributed by atoms with van der Waals surface area (Å²) in [6.45, 7) is 9.42. The first-order chi connectivity index (χ1) is 9.34. The minimum Gasteiger partial charge on any atom is -0.449 e. The average Bonchev–Trinajstić information content (AvgIpc) is 2.39. The Balaban J connectivity index is 2.30. The van der Waals surface area contributed by atoms with Crippen LogP contribution in [0.5, 0.6) is 0 Å². The molecule has 0 atom stereocenters. The summed E-state index contributed by atoms with van der Waals surface area (Å²) in [5, 5.41) is 9.99. The van der Waals surface area contributed by atoms with E-state index in [0.717, 1.165) is 52.1 Å². The summed E-state index contributed by atoms with van der Waals surface area (Å²) in [4.78, 5) is 13.7. The van der Waals surface area contributed by atoms with Gasteiger partial charge < -0.3 is 25.6 Å². The van der Waals surface area contributed by atoms with E-state index in [1.54, 1.807) is 4.90 Å². The lowest BCUT2D eigenvalue weighted by atomic mass is 10.4. The van der Waals surface area contributed by atoms with Crippen LogP contribution in [-0.4, -0.2) is 70.0 Å². The van der Waals surface area contributed by atoms with Gasteiger partial charge in [-0.2, -0.15) is 0 Å². The van der Waals surface area contributed by atoms with Gasteiger partial charge in [0.05, 0.1) is 6.61 Å². The predicted molar refractivity (Wildman–Crippen MR) is 76.4 cm³/mol. The van der Waals surface area contributed by atoms with Crippen molar-refractivity contribution in [1.29, 1.82) is 0 Å². The highest BCUT2D eigenvalue weighted by atomic mass is 16.6. The van der Waals surface area contributed by atoms with Gasteiger partial charge in [-0.1, -0.05) is 13.3 Å². The molecular formula is C13H28N4O2. The van der Waals surface area contributed by atoms with Crippen LogP contribution in [0.3, 0.4) is 0 Å². The van der Waals surface area contributed by atoms with E-state index in [1.807, 2.05) is 0 Å². The number of ether oxygens (including phenoxy) is 1. The number of nitrogens with one attached hydrogen (secondary N) is 3. The van der Waals surface area contributed by atoms with Crippen molar-refractivity contribution in [3.05, 3.63) is 0 Å². The zero-order valence-electron chi connectivity index (χ0n) is 12.0. The van der Waals surface area contributed by atoms with Crippen molar-refractivity contribution in [3.63, 3.8) is 0 Å². The van der Waals surface area contributed by atoms with Gasteiger partial charge in [-0.15, -0.1) is 0 Å². The lowest BCUT2D eigenvalue weighted by Crippen LogP contribution is -2.44. The van der Waals surface area contributed by atoms with Crippen molar-refractivity contribution in [2.75, 3.05) is 59.0 Å². The number of unbranched alkanes of at least 4 members (excludes halogenated alkanes) is 1. The van der Waals surface area contributed by atoms with Crippen LogP contribution in [-0.2, 0) is 4.74 Å². The van der Waals surface area contributed by atoms with Crippen LogP contribution >= 0.6 is 0 Å². The highest BCUT2D eigenvalue weighted by Crippen LogP contribution is 1.96. The molecular weight excluding hydrogens is 244 g/mol. The van der Waals surface area contributed by atoms with E-state index in [0.29, 0.717) is 19.7 Å². The molecule has 6 nitrogen and oxygen atoms in total. The van der Waals surface area contributed by atoms with Crippen LogP contribution in [0, 0.1) is 0 Å². The molecule has 0 aromatic carbocycles. The quantitative estimate of drug-likeness (QED) is 0.632. The van der Waals surface area contributed by atoms with E-state index < -0.39 is 0 Å². The molecule has 0 radical (unpaired) electrons. The number of amides is 1. The standard InChI is InChI=1S/C13H28N4O2/c1-2-3-12-19-13(18)17-10-8-15-6-4-14-5-7-16-9-11-17/h14-16H,2-12H2,1H3. The Morgan fingerprint density at radius 3 is 2.05 bits per heavy atom. The molecule has 19 heavy (non-hydrogen) atoms. The number of hydrogen-bond acceptors (Lipinski definition) is 5. The second-order valence-electron chi connectivity index (χ2n) is 4.70. The van der Waals surface area contributed by atoms with Gasteiger partial charge in [-0.25, -0.2) is 4.79 Å². The highest BCUT2D eigenvalue weighted by molar-refractivity contribution is 5.67. The van der Waals surface area contributed by atoms with Gasteiger partial charge in [0, 0.05) is 52.4 Å². The fraction of sp³-hybridized carbons (Fsp3) is 0.923. The first-order valence-electron chi connectivity index (χ1n) is 7.38. The summed E-state index contributed by atoms with van der Waals surface area (Å²) in [6.07, 6.45) is 1.79. The maximum Gasteiger partial charge on any atom is 0.409 e. The Bertz CT molecular complexity index is 227.